The van der Waals surface area contributed by atoms with Crippen LogP contribution in [-0.2, 0) is 14.3 Å². The van der Waals surface area contributed by atoms with Crippen molar-refractivity contribution in [2.45, 2.75) is 19.8 Å². The number of carbonyl (C=O) groups excluding carboxylic acids is 2. The maximum atomic E-state index is 12.1. The fraction of sp³-hybridized carbons (Fsp3) is 0.467. The molecule has 1 saturated heterocycles. The molecule has 1 aliphatic rings. The fourth-order valence-electron chi connectivity index (χ4n) is 2.31. The zero-order valence-corrected chi connectivity index (χ0v) is 13.5. The molecule has 21 heavy (non-hydrogen) atoms. The summed E-state index contributed by atoms with van der Waals surface area (Å²) in [5.41, 5.74) is 0. The van der Waals surface area contributed by atoms with E-state index in [1.165, 1.54) is 6.08 Å². The van der Waals surface area contributed by atoms with E-state index in [-0.39, 0.29) is 17.8 Å². The monoisotopic (exact) mass is 355 g/mol. The number of rotatable bonds is 4. The molecule has 0 bridgehead atoms. The lowest BCUT2D eigenvalue weighted by Gasteiger charge is -2.30. The number of carbonyl (C=O) groups is 2. The number of nitrogens with zero attached hydrogens (tertiary/aromatic N) is 1. The smallest absolute Gasteiger partial charge is 0.310 e. The van der Waals surface area contributed by atoms with E-state index in [2.05, 4.69) is 15.9 Å². The van der Waals surface area contributed by atoms with Gasteiger partial charge in [-0.1, -0.05) is 0 Å². The van der Waals surface area contributed by atoms with Crippen LogP contribution in [0, 0.1) is 5.92 Å². The van der Waals surface area contributed by atoms with E-state index in [1.54, 1.807) is 30.0 Å². The van der Waals surface area contributed by atoms with E-state index >= 15 is 0 Å². The third kappa shape index (κ3) is 4.46. The van der Waals surface area contributed by atoms with E-state index in [9.17, 15) is 9.59 Å². The Labute approximate surface area is 132 Å². The van der Waals surface area contributed by atoms with Crippen LogP contribution in [0.3, 0.4) is 0 Å². The molecule has 1 amide bonds. The molecule has 0 unspecified atom stereocenters. The third-order valence-corrected chi connectivity index (χ3v) is 3.76. The second-order valence-corrected chi connectivity index (χ2v) is 5.63. The number of likely N-dealkylation sites (tertiary alicyclic amines) is 1. The van der Waals surface area contributed by atoms with Crippen molar-refractivity contribution in [1.29, 1.82) is 0 Å². The van der Waals surface area contributed by atoms with Gasteiger partial charge in [0.25, 0.3) is 0 Å². The molecule has 1 fully saturated rings. The zero-order chi connectivity index (χ0) is 15.2. The molecule has 1 aromatic rings. The second-order valence-electron chi connectivity index (χ2n) is 4.85. The molecular weight excluding hydrogens is 338 g/mol. The molecule has 0 N–H and O–H groups in total. The average Bonchev–Trinajstić information content (AvgIpc) is 2.91. The van der Waals surface area contributed by atoms with E-state index in [4.69, 9.17) is 9.15 Å². The molecular formula is C15H18BrNO4. The number of hydrogen-bond donors (Lipinski definition) is 0. The maximum absolute atomic E-state index is 12.1. The van der Waals surface area contributed by atoms with Crippen LogP contribution < -0.4 is 0 Å². The molecule has 0 saturated carbocycles. The van der Waals surface area contributed by atoms with Gasteiger partial charge >= 0.3 is 5.97 Å². The SMILES string of the molecule is CCOC(=O)[C@@H]1CCCN(C(=O)/C=C/c2ccc(Br)o2)C1. The van der Waals surface area contributed by atoms with E-state index in [0.717, 1.165) is 12.8 Å². The summed E-state index contributed by atoms with van der Waals surface area (Å²) in [4.78, 5) is 25.6. The van der Waals surface area contributed by atoms with Crippen molar-refractivity contribution in [3.05, 3.63) is 28.6 Å². The van der Waals surface area contributed by atoms with Crippen LogP contribution in [0.25, 0.3) is 6.08 Å². The molecule has 0 spiro atoms. The Morgan fingerprint density at radius 1 is 1.52 bits per heavy atom. The summed E-state index contributed by atoms with van der Waals surface area (Å²) in [5, 5.41) is 0. The van der Waals surface area contributed by atoms with Gasteiger partial charge in [0.1, 0.15) is 5.76 Å². The first-order valence-electron chi connectivity index (χ1n) is 6.99. The van der Waals surface area contributed by atoms with Crippen molar-refractivity contribution in [3.8, 4) is 0 Å². The van der Waals surface area contributed by atoms with Gasteiger partial charge < -0.3 is 14.1 Å². The summed E-state index contributed by atoms with van der Waals surface area (Å²) in [6.45, 7) is 3.25. The van der Waals surface area contributed by atoms with Crippen LogP contribution >= 0.6 is 15.9 Å². The van der Waals surface area contributed by atoms with E-state index in [0.29, 0.717) is 30.1 Å². The highest BCUT2D eigenvalue weighted by Gasteiger charge is 2.28. The number of hydrogen-bond acceptors (Lipinski definition) is 4. The zero-order valence-electron chi connectivity index (χ0n) is 11.9. The first kappa shape index (κ1) is 15.8. The Kier molecular flexibility index (Phi) is 5.61. The topological polar surface area (TPSA) is 59.8 Å². The first-order chi connectivity index (χ1) is 10.1. The van der Waals surface area contributed by atoms with E-state index < -0.39 is 0 Å². The van der Waals surface area contributed by atoms with Gasteiger partial charge in [-0.05, 0) is 53.9 Å². The molecule has 0 aromatic carbocycles. The van der Waals surface area contributed by atoms with Crippen LogP contribution in [0.15, 0.2) is 27.3 Å². The quantitative estimate of drug-likeness (QED) is 0.615. The van der Waals surface area contributed by atoms with Crippen molar-refractivity contribution in [2.75, 3.05) is 19.7 Å². The Balaban J connectivity index is 1.92. The Bertz CT molecular complexity index is 538. The van der Waals surface area contributed by atoms with Crippen LogP contribution in [0.1, 0.15) is 25.5 Å². The van der Waals surface area contributed by atoms with Gasteiger partial charge in [0.15, 0.2) is 4.67 Å². The Morgan fingerprint density at radius 3 is 3.00 bits per heavy atom. The summed E-state index contributed by atoms with van der Waals surface area (Å²) in [7, 11) is 0. The Morgan fingerprint density at radius 2 is 2.33 bits per heavy atom. The molecule has 1 aromatic heterocycles. The van der Waals surface area contributed by atoms with Crippen LogP contribution in [-0.4, -0.2) is 36.5 Å². The van der Waals surface area contributed by atoms with E-state index in [1.807, 2.05) is 0 Å². The number of ether oxygens (including phenoxy) is 1. The number of esters is 1. The predicted octanol–water partition coefficient (Wildman–Crippen LogP) is 2.86. The molecule has 1 atom stereocenters. The van der Waals surface area contributed by atoms with Crippen molar-refractivity contribution in [3.63, 3.8) is 0 Å². The molecule has 2 heterocycles. The lowest BCUT2D eigenvalue weighted by Crippen LogP contribution is -2.42. The maximum Gasteiger partial charge on any atom is 0.310 e. The summed E-state index contributed by atoms with van der Waals surface area (Å²) in [6.07, 6.45) is 4.69. The minimum atomic E-state index is -0.214. The second kappa shape index (κ2) is 7.45. The normalized spacial score (nSPS) is 19.0. The van der Waals surface area contributed by atoms with Crippen LogP contribution in [0.5, 0.6) is 0 Å². The van der Waals surface area contributed by atoms with Gasteiger partial charge in [-0.3, -0.25) is 9.59 Å². The summed E-state index contributed by atoms with van der Waals surface area (Å²) < 4.78 is 10.9. The molecule has 114 valence electrons. The summed E-state index contributed by atoms with van der Waals surface area (Å²) >= 11 is 3.21. The van der Waals surface area contributed by atoms with Gasteiger partial charge in [0, 0.05) is 19.2 Å². The highest BCUT2D eigenvalue weighted by molar-refractivity contribution is 9.10. The minimum Gasteiger partial charge on any atom is -0.466 e. The highest BCUT2D eigenvalue weighted by atomic mass is 79.9. The van der Waals surface area contributed by atoms with Crippen molar-refractivity contribution in [2.24, 2.45) is 5.92 Å². The molecule has 5 nitrogen and oxygen atoms in total. The number of piperidine rings is 1. The van der Waals surface area contributed by atoms with Gasteiger partial charge in [-0.15, -0.1) is 0 Å². The summed E-state index contributed by atoms with van der Waals surface area (Å²) in [6, 6.07) is 3.54. The predicted molar refractivity (Wildman–Crippen MR) is 81.4 cm³/mol. The van der Waals surface area contributed by atoms with Crippen LogP contribution in [0.4, 0.5) is 0 Å². The molecule has 0 radical (unpaired) electrons. The molecule has 0 aliphatic carbocycles. The molecule has 6 heteroatoms. The highest BCUT2D eigenvalue weighted by Crippen LogP contribution is 2.19. The Hall–Kier alpha value is -1.56. The minimum absolute atomic E-state index is 0.114. The fourth-order valence-corrected chi connectivity index (χ4v) is 2.63. The molecule has 2 rings (SSSR count). The average molecular weight is 356 g/mol. The number of furan rings is 1. The van der Waals surface area contributed by atoms with Crippen molar-refractivity contribution < 1.29 is 18.7 Å². The summed E-state index contributed by atoms with van der Waals surface area (Å²) in [5.74, 6) is 0.0634. The first-order valence-corrected chi connectivity index (χ1v) is 7.78. The van der Waals surface area contributed by atoms with Crippen molar-refractivity contribution in [1.82, 2.24) is 4.90 Å². The van der Waals surface area contributed by atoms with Gasteiger partial charge in [0.05, 0.1) is 12.5 Å². The number of amides is 1. The van der Waals surface area contributed by atoms with Crippen molar-refractivity contribution >= 4 is 33.9 Å². The lowest BCUT2D eigenvalue weighted by atomic mass is 9.98. The largest absolute Gasteiger partial charge is 0.466 e. The van der Waals surface area contributed by atoms with Gasteiger partial charge in [-0.25, -0.2) is 0 Å². The number of halogens is 1. The molecule has 1 aliphatic heterocycles. The standard InChI is InChI=1S/C15H18BrNO4/c1-2-20-15(19)11-4-3-9-17(10-11)14(18)8-6-12-5-7-13(16)21-12/h5-8,11H,2-4,9-10H2,1H3/b8-6+/t11-/m1/s1. The van der Waals surface area contributed by atoms with Gasteiger partial charge in [0.2, 0.25) is 5.91 Å². The third-order valence-electron chi connectivity index (χ3n) is 3.34. The van der Waals surface area contributed by atoms with Crippen LogP contribution in [0.2, 0.25) is 0 Å². The van der Waals surface area contributed by atoms with Gasteiger partial charge in [-0.2, -0.15) is 0 Å². The lowest BCUT2D eigenvalue weighted by molar-refractivity contribution is -0.150.